The molecule has 358 valence electrons. The van der Waals surface area contributed by atoms with Gasteiger partial charge in [-0.3, -0.25) is 19.2 Å². The number of rotatable bonds is 36. The molecule has 2 aromatic carbocycles. The zero-order valence-electron chi connectivity index (χ0n) is 38.8. The van der Waals surface area contributed by atoms with E-state index in [9.17, 15) is 29.4 Å². The van der Waals surface area contributed by atoms with Crippen molar-refractivity contribution in [2.24, 2.45) is 22.1 Å². The molecule has 0 amide bonds. The van der Waals surface area contributed by atoms with E-state index in [2.05, 4.69) is 40.0 Å². The van der Waals surface area contributed by atoms with Gasteiger partial charge in [-0.15, -0.1) is 10.2 Å². The smallest absolute Gasteiger partial charge is 0.307 e. The van der Waals surface area contributed by atoms with Gasteiger partial charge in [0.25, 0.3) is 0 Å². The first kappa shape index (κ1) is 54.3. The van der Waals surface area contributed by atoms with E-state index < -0.39 is 35.7 Å². The number of carbonyl (C=O) groups is 4. The minimum atomic E-state index is -1.03. The average molecular weight is 923 g/mol. The lowest BCUT2D eigenvalue weighted by Crippen LogP contribution is -2.31. The van der Waals surface area contributed by atoms with Gasteiger partial charge in [0.1, 0.15) is 13.2 Å². The summed E-state index contributed by atoms with van der Waals surface area (Å²) in [7, 11) is 0. The Balaban J connectivity index is 1.46. The standard InChI is InChI=1S/C49H70N4O11S/c1-5-7-9-11-13-15-17-39(47(56)57)35-45(54)63-31-29-61-26-24-53(41-20-22-42(38(4)34-41)51-52-49-50-43-21-19-37(3)33-44(43)65-49)23-25-60-27-28-62-30-32-64-46(55)36-40(48(58)59)18-16-14-12-10-8-6-2/h13-16,19-22,33-34,39-40H,5-12,17-18,23-32,35-36H2,1-4H3,(H,56,57)(H,58,59)/b15-13+,16-14+,52-51+. The predicted molar refractivity (Wildman–Crippen MR) is 254 cm³/mol. The predicted octanol–water partition coefficient (Wildman–Crippen LogP) is 10.5. The normalized spacial score (nSPS) is 12.7. The Morgan fingerprint density at radius 3 is 1.74 bits per heavy atom. The molecule has 0 aliphatic heterocycles. The number of nitrogens with zero attached hydrogens (tertiary/aromatic N) is 4. The Labute approximate surface area is 388 Å². The number of aliphatic carboxylic acids is 2. The maximum absolute atomic E-state index is 12.4. The van der Waals surface area contributed by atoms with Crippen molar-refractivity contribution in [1.82, 2.24) is 4.98 Å². The summed E-state index contributed by atoms with van der Waals surface area (Å²) in [6, 6.07) is 12.0. The van der Waals surface area contributed by atoms with Crippen molar-refractivity contribution in [2.45, 2.75) is 105 Å². The van der Waals surface area contributed by atoms with Gasteiger partial charge in [0, 0.05) is 18.8 Å². The Hall–Kier alpha value is -5.03. The number of ether oxygens (including phenoxy) is 5. The van der Waals surface area contributed by atoms with Crippen molar-refractivity contribution < 1.29 is 53.1 Å². The summed E-state index contributed by atoms with van der Waals surface area (Å²) in [5, 5.41) is 28.6. The molecule has 0 radical (unpaired) electrons. The molecule has 0 aliphatic rings. The van der Waals surface area contributed by atoms with E-state index in [-0.39, 0.29) is 58.7 Å². The largest absolute Gasteiger partial charge is 0.481 e. The van der Waals surface area contributed by atoms with Crippen molar-refractivity contribution in [2.75, 3.05) is 70.8 Å². The number of carbonyl (C=O) groups excluding carboxylic acids is 2. The van der Waals surface area contributed by atoms with Gasteiger partial charge in [0.15, 0.2) is 0 Å². The van der Waals surface area contributed by atoms with Crippen LogP contribution in [0.4, 0.5) is 16.5 Å². The quantitative estimate of drug-likeness (QED) is 0.0242. The molecule has 15 nitrogen and oxygen atoms in total. The van der Waals surface area contributed by atoms with Crippen LogP contribution in [0.2, 0.25) is 0 Å². The zero-order chi connectivity index (χ0) is 47.1. The maximum Gasteiger partial charge on any atom is 0.307 e. The minimum absolute atomic E-state index is 0.00706. The number of esters is 2. The molecule has 1 heterocycles. The fraction of sp³-hybridized carbons (Fsp3) is 0.571. The monoisotopic (exact) mass is 922 g/mol. The highest BCUT2D eigenvalue weighted by Gasteiger charge is 2.22. The third kappa shape index (κ3) is 23.1. The molecule has 65 heavy (non-hydrogen) atoms. The zero-order valence-corrected chi connectivity index (χ0v) is 39.6. The highest BCUT2D eigenvalue weighted by Crippen LogP contribution is 2.31. The van der Waals surface area contributed by atoms with Gasteiger partial charge in [-0.05, 0) is 93.8 Å². The van der Waals surface area contributed by atoms with E-state index in [4.69, 9.17) is 23.7 Å². The van der Waals surface area contributed by atoms with Crippen LogP contribution >= 0.6 is 11.3 Å². The number of anilines is 1. The van der Waals surface area contributed by atoms with E-state index in [0.29, 0.717) is 43.7 Å². The number of fused-ring (bicyclic) bond motifs is 1. The van der Waals surface area contributed by atoms with Crippen LogP contribution in [-0.2, 0) is 42.9 Å². The second-order valence-electron chi connectivity index (χ2n) is 15.8. The van der Waals surface area contributed by atoms with Gasteiger partial charge in [-0.2, -0.15) is 0 Å². The molecule has 0 fully saturated rings. The first-order valence-electron chi connectivity index (χ1n) is 22.9. The molecule has 2 N–H and O–H groups in total. The highest BCUT2D eigenvalue weighted by atomic mass is 32.1. The highest BCUT2D eigenvalue weighted by molar-refractivity contribution is 7.21. The van der Waals surface area contributed by atoms with Crippen LogP contribution in [-0.4, -0.2) is 105 Å². The summed E-state index contributed by atoms with van der Waals surface area (Å²) < 4.78 is 28.8. The molecule has 3 rings (SSSR count). The average Bonchev–Trinajstić information content (AvgIpc) is 3.69. The van der Waals surface area contributed by atoms with Crippen LogP contribution in [0, 0.1) is 25.7 Å². The lowest BCUT2D eigenvalue weighted by molar-refractivity contribution is -0.152. The van der Waals surface area contributed by atoms with E-state index in [1.807, 2.05) is 68.5 Å². The van der Waals surface area contributed by atoms with Gasteiger partial charge in [0.05, 0.1) is 80.2 Å². The topological polar surface area (TPSA) is 196 Å². The molecule has 2 atom stereocenters. The molecule has 0 spiro atoms. The maximum atomic E-state index is 12.4. The van der Waals surface area contributed by atoms with Crippen molar-refractivity contribution >= 4 is 61.9 Å². The van der Waals surface area contributed by atoms with Crippen LogP contribution in [0.3, 0.4) is 0 Å². The van der Waals surface area contributed by atoms with Gasteiger partial charge < -0.3 is 38.8 Å². The fourth-order valence-corrected chi connectivity index (χ4v) is 7.41. The van der Waals surface area contributed by atoms with Gasteiger partial charge >= 0.3 is 23.9 Å². The molecule has 1 aromatic heterocycles. The fourth-order valence-electron chi connectivity index (χ4n) is 6.52. The lowest BCUT2D eigenvalue weighted by atomic mass is 10.0. The first-order valence-corrected chi connectivity index (χ1v) is 23.8. The summed E-state index contributed by atoms with van der Waals surface area (Å²) in [6.07, 6.45) is 16.2. The van der Waals surface area contributed by atoms with Gasteiger partial charge in [-0.1, -0.05) is 81.2 Å². The number of hydrogen-bond acceptors (Lipinski definition) is 14. The third-order valence-corrected chi connectivity index (χ3v) is 11.2. The summed E-state index contributed by atoms with van der Waals surface area (Å²) in [5.41, 5.74) is 4.58. The molecule has 0 saturated heterocycles. The SMILES string of the molecule is CCCCC/C=C/CC(CC(=O)OCCOCCOCCN(CCOCCOC(=O)CC(C/C=C/CCCCC)C(=O)O)c1ccc(/N=N/c2nc3ccc(C)cc3s2)c(C)c1)C(=O)O. The summed E-state index contributed by atoms with van der Waals surface area (Å²) >= 11 is 1.49. The lowest BCUT2D eigenvalue weighted by Gasteiger charge is -2.25. The number of carboxylic acids is 2. The van der Waals surface area contributed by atoms with Crippen LogP contribution in [0.5, 0.6) is 0 Å². The van der Waals surface area contributed by atoms with Gasteiger partial charge in [-0.25, -0.2) is 4.98 Å². The van der Waals surface area contributed by atoms with E-state index in [0.717, 1.165) is 78.4 Å². The van der Waals surface area contributed by atoms with Crippen molar-refractivity contribution in [1.29, 1.82) is 0 Å². The van der Waals surface area contributed by atoms with E-state index >= 15 is 0 Å². The number of aromatic nitrogens is 1. The molecule has 0 aliphatic carbocycles. The van der Waals surface area contributed by atoms with Crippen LogP contribution in [0.1, 0.15) is 102 Å². The van der Waals surface area contributed by atoms with Crippen molar-refractivity contribution in [3.63, 3.8) is 0 Å². The number of thiazole rings is 1. The summed E-state index contributed by atoms with van der Waals surface area (Å²) in [4.78, 5) is 54.7. The molecule has 3 aromatic rings. The van der Waals surface area contributed by atoms with Crippen LogP contribution < -0.4 is 4.90 Å². The Morgan fingerprint density at radius 1 is 0.677 bits per heavy atom. The van der Waals surface area contributed by atoms with Crippen molar-refractivity contribution in [3.05, 3.63) is 71.8 Å². The molecular weight excluding hydrogens is 853 g/mol. The molecular formula is C49H70N4O11S. The molecule has 0 saturated carbocycles. The molecule has 0 bridgehead atoms. The third-order valence-electron chi connectivity index (χ3n) is 10.3. The number of aryl methyl sites for hydroxylation is 2. The number of azo groups is 1. The number of benzene rings is 2. The van der Waals surface area contributed by atoms with E-state index in [1.165, 1.54) is 11.3 Å². The first-order chi connectivity index (χ1) is 31.5. The van der Waals surface area contributed by atoms with Crippen LogP contribution in [0.25, 0.3) is 10.2 Å². The Morgan fingerprint density at radius 2 is 1.22 bits per heavy atom. The second-order valence-corrected chi connectivity index (χ2v) is 16.8. The van der Waals surface area contributed by atoms with Crippen LogP contribution in [0.15, 0.2) is 70.9 Å². The number of hydrogen-bond donors (Lipinski definition) is 2. The molecule has 2 unspecified atom stereocenters. The van der Waals surface area contributed by atoms with E-state index in [1.54, 1.807) is 0 Å². The summed E-state index contributed by atoms with van der Waals surface area (Å²) in [6.45, 7) is 10.9. The minimum Gasteiger partial charge on any atom is -0.481 e. The Bertz CT molecular complexity index is 1970. The summed E-state index contributed by atoms with van der Waals surface area (Å²) in [5.74, 6) is -4.86. The second kappa shape index (κ2) is 32.6. The number of unbranched alkanes of at least 4 members (excludes halogenated alkanes) is 6. The van der Waals surface area contributed by atoms with Gasteiger partial charge in [0.2, 0.25) is 5.13 Å². The Kier molecular flexibility index (Phi) is 27.2. The number of allylic oxidation sites excluding steroid dienone is 4. The molecule has 16 heteroatoms. The number of carboxylic acid groups (broad SMARTS) is 2. The van der Waals surface area contributed by atoms with Crippen molar-refractivity contribution in [3.8, 4) is 0 Å².